The topological polar surface area (TPSA) is 55.4 Å². The van der Waals surface area contributed by atoms with E-state index < -0.39 is 0 Å². The van der Waals surface area contributed by atoms with Gasteiger partial charge in [-0.2, -0.15) is 0 Å². The van der Waals surface area contributed by atoms with Gasteiger partial charge in [-0.3, -0.25) is 0 Å². The first-order chi connectivity index (χ1) is 14.9. The highest BCUT2D eigenvalue weighted by Crippen LogP contribution is 2.14. The Kier molecular flexibility index (Phi) is 14.0. The number of hydrogen-bond acceptors (Lipinski definition) is 6. The first-order valence-corrected chi connectivity index (χ1v) is 11.6. The highest BCUT2D eigenvalue weighted by atomic mass is 16.7. The molecule has 2 aliphatic heterocycles. The van der Waals surface area contributed by atoms with Crippen molar-refractivity contribution in [3.8, 4) is 0 Å². The molecule has 0 radical (unpaired) electrons. The molecule has 172 valence electrons. The molecule has 2 heterocycles. The van der Waals surface area contributed by atoms with E-state index in [2.05, 4.69) is 18.2 Å². The smallest absolute Gasteiger partial charge is 0.157 e. The summed E-state index contributed by atoms with van der Waals surface area (Å²) in [5.74, 6) is 0. The maximum atomic E-state index is 5.72. The van der Waals surface area contributed by atoms with Gasteiger partial charge in [0.05, 0.1) is 39.6 Å². The molecule has 2 saturated heterocycles. The molecular formula is C24H40O6. The zero-order chi connectivity index (χ0) is 21.3. The van der Waals surface area contributed by atoms with Crippen molar-refractivity contribution in [2.75, 3.05) is 39.6 Å². The minimum Gasteiger partial charge on any atom is -0.374 e. The molecule has 1 aromatic rings. The molecule has 0 saturated carbocycles. The van der Waals surface area contributed by atoms with Gasteiger partial charge in [0, 0.05) is 13.2 Å². The molecule has 0 aliphatic carbocycles. The summed E-state index contributed by atoms with van der Waals surface area (Å²) in [4.78, 5) is 0. The van der Waals surface area contributed by atoms with Gasteiger partial charge >= 0.3 is 0 Å². The maximum Gasteiger partial charge on any atom is 0.157 e. The third kappa shape index (κ3) is 10.8. The number of rotatable bonds is 12. The second-order valence-corrected chi connectivity index (χ2v) is 7.26. The Balaban J connectivity index is 0.00000155. The van der Waals surface area contributed by atoms with Gasteiger partial charge in [-0.25, -0.2) is 0 Å². The molecule has 2 aliphatic rings. The molecule has 0 amide bonds. The molecule has 1 aromatic carbocycles. The first kappa shape index (κ1) is 25.2. The highest BCUT2D eigenvalue weighted by Gasteiger charge is 2.14. The molecule has 2 unspecified atom stereocenters. The lowest BCUT2D eigenvalue weighted by atomic mass is 10.1. The summed E-state index contributed by atoms with van der Waals surface area (Å²) >= 11 is 0. The minimum absolute atomic E-state index is 0.0496. The molecule has 0 spiro atoms. The van der Waals surface area contributed by atoms with Crippen molar-refractivity contribution in [3.63, 3.8) is 0 Å². The van der Waals surface area contributed by atoms with E-state index in [4.69, 9.17) is 28.4 Å². The summed E-state index contributed by atoms with van der Waals surface area (Å²) in [7, 11) is 0. The zero-order valence-corrected chi connectivity index (χ0v) is 18.8. The van der Waals surface area contributed by atoms with Crippen LogP contribution in [0.3, 0.4) is 0 Å². The van der Waals surface area contributed by atoms with E-state index in [9.17, 15) is 0 Å². The lowest BCUT2D eigenvalue weighted by Gasteiger charge is -2.22. The van der Waals surface area contributed by atoms with Gasteiger partial charge in [0.15, 0.2) is 12.6 Å². The fraction of sp³-hybridized carbons (Fsp3) is 0.750. The van der Waals surface area contributed by atoms with Crippen LogP contribution in [0, 0.1) is 0 Å². The van der Waals surface area contributed by atoms with E-state index in [1.54, 1.807) is 0 Å². The largest absolute Gasteiger partial charge is 0.374 e. The van der Waals surface area contributed by atoms with E-state index in [1.807, 2.05) is 19.9 Å². The third-order valence-corrected chi connectivity index (χ3v) is 4.87. The summed E-state index contributed by atoms with van der Waals surface area (Å²) in [6, 6.07) is 8.29. The number of hydrogen-bond donors (Lipinski definition) is 0. The van der Waals surface area contributed by atoms with E-state index in [0.29, 0.717) is 39.6 Å². The first-order valence-electron chi connectivity index (χ1n) is 11.6. The van der Waals surface area contributed by atoms with Crippen LogP contribution in [0.5, 0.6) is 0 Å². The lowest BCUT2D eigenvalue weighted by Crippen LogP contribution is -2.23. The lowest BCUT2D eigenvalue weighted by molar-refractivity contribution is -0.169. The standard InChI is InChI=1S/C22H34O6.C2H6/c1-3-10-25-21(8-1)27-14-12-23-17-19-6-5-7-20(16-19)18-24-13-15-28-22-9-2-4-11-26-22;1-2/h5-7,16,21-22H,1-4,8-15,17-18H2;1-2H3. The van der Waals surface area contributed by atoms with Gasteiger partial charge in [-0.05, 0) is 49.7 Å². The zero-order valence-electron chi connectivity index (χ0n) is 18.8. The Bertz CT molecular complexity index is 483. The van der Waals surface area contributed by atoms with Crippen molar-refractivity contribution in [1.82, 2.24) is 0 Å². The van der Waals surface area contributed by atoms with Gasteiger partial charge < -0.3 is 28.4 Å². The number of ether oxygens (including phenoxy) is 6. The molecule has 2 atom stereocenters. The maximum absolute atomic E-state index is 5.72. The summed E-state index contributed by atoms with van der Waals surface area (Å²) in [5.41, 5.74) is 2.28. The predicted molar refractivity (Wildman–Crippen MR) is 116 cm³/mol. The average Bonchev–Trinajstić information content (AvgIpc) is 2.82. The molecular weight excluding hydrogens is 384 g/mol. The van der Waals surface area contributed by atoms with Crippen LogP contribution < -0.4 is 0 Å². The molecule has 0 aromatic heterocycles. The van der Waals surface area contributed by atoms with Crippen molar-refractivity contribution < 1.29 is 28.4 Å². The monoisotopic (exact) mass is 424 g/mol. The van der Waals surface area contributed by atoms with Crippen molar-refractivity contribution in [2.24, 2.45) is 0 Å². The minimum atomic E-state index is -0.0496. The highest BCUT2D eigenvalue weighted by molar-refractivity contribution is 5.22. The van der Waals surface area contributed by atoms with E-state index in [-0.39, 0.29) is 12.6 Å². The van der Waals surface area contributed by atoms with Crippen LogP contribution in [-0.4, -0.2) is 52.2 Å². The predicted octanol–water partition coefficient (Wildman–Crippen LogP) is 4.83. The molecule has 0 N–H and O–H groups in total. The average molecular weight is 425 g/mol. The van der Waals surface area contributed by atoms with Crippen molar-refractivity contribution in [1.29, 1.82) is 0 Å². The Labute approximate surface area is 182 Å². The second-order valence-electron chi connectivity index (χ2n) is 7.26. The Morgan fingerprint density at radius 1 is 0.733 bits per heavy atom. The van der Waals surface area contributed by atoms with Crippen molar-refractivity contribution in [3.05, 3.63) is 35.4 Å². The SMILES string of the molecule is CC.c1cc(COCCOC2CCCCO2)cc(COCCOC2CCCCO2)c1. The van der Waals surface area contributed by atoms with E-state index in [0.717, 1.165) is 50.0 Å². The fourth-order valence-electron chi connectivity index (χ4n) is 3.35. The fourth-order valence-corrected chi connectivity index (χ4v) is 3.35. The summed E-state index contributed by atoms with van der Waals surface area (Å²) in [6.07, 6.45) is 6.51. The molecule has 2 fully saturated rings. The Morgan fingerprint density at radius 2 is 1.23 bits per heavy atom. The molecule has 3 rings (SSSR count). The van der Waals surface area contributed by atoms with E-state index in [1.165, 1.54) is 12.8 Å². The molecule has 30 heavy (non-hydrogen) atoms. The quantitative estimate of drug-likeness (QED) is 0.448. The van der Waals surface area contributed by atoms with Crippen LogP contribution in [0.4, 0.5) is 0 Å². The molecule has 0 bridgehead atoms. The normalized spacial score (nSPS) is 21.7. The van der Waals surface area contributed by atoms with Crippen LogP contribution in [-0.2, 0) is 41.6 Å². The summed E-state index contributed by atoms with van der Waals surface area (Å²) in [5, 5.41) is 0. The number of benzene rings is 1. The van der Waals surface area contributed by atoms with Gasteiger partial charge in [0.2, 0.25) is 0 Å². The summed E-state index contributed by atoms with van der Waals surface area (Å²) in [6.45, 7) is 9.04. The van der Waals surface area contributed by atoms with E-state index >= 15 is 0 Å². The van der Waals surface area contributed by atoms with Gasteiger partial charge in [-0.15, -0.1) is 0 Å². The van der Waals surface area contributed by atoms with Gasteiger partial charge in [-0.1, -0.05) is 38.1 Å². The Morgan fingerprint density at radius 3 is 1.67 bits per heavy atom. The Hall–Kier alpha value is -1.02. The summed E-state index contributed by atoms with van der Waals surface area (Å²) < 4.78 is 33.9. The van der Waals surface area contributed by atoms with Crippen molar-refractivity contribution in [2.45, 2.75) is 78.2 Å². The van der Waals surface area contributed by atoms with Crippen LogP contribution >= 0.6 is 0 Å². The van der Waals surface area contributed by atoms with Crippen LogP contribution in [0.1, 0.15) is 63.5 Å². The molecule has 6 heteroatoms. The van der Waals surface area contributed by atoms with Gasteiger partial charge in [0.1, 0.15) is 0 Å². The van der Waals surface area contributed by atoms with Crippen LogP contribution in [0.2, 0.25) is 0 Å². The second kappa shape index (κ2) is 16.6. The van der Waals surface area contributed by atoms with Crippen molar-refractivity contribution >= 4 is 0 Å². The third-order valence-electron chi connectivity index (χ3n) is 4.87. The molecule has 6 nitrogen and oxygen atoms in total. The van der Waals surface area contributed by atoms with Crippen LogP contribution in [0.15, 0.2) is 24.3 Å². The van der Waals surface area contributed by atoms with Crippen LogP contribution in [0.25, 0.3) is 0 Å². The van der Waals surface area contributed by atoms with Gasteiger partial charge in [0.25, 0.3) is 0 Å².